The van der Waals surface area contributed by atoms with Gasteiger partial charge < -0.3 is 13.6 Å². The number of nitrogens with zero attached hydrogens (tertiary/aromatic N) is 6. The fourth-order valence-electron chi connectivity index (χ4n) is 8.39. The van der Waals surface area contributed by atoms with E-state index in [-0.39, 0.29) is 17.0 Å². The van der Waals surface area contributed by atoms with E-state index in [2.05, 4.69) is 60.5 Å². The Bertz CT molecular complexity index is 4140. The van der Waals surface area contributed by atoms with Crippen molar-refractivity contribution in [3.05, 3.63) is 187 Å². The van der Waals surface area contributed by atoms with Crippen molar-refractivity contribution in [2.75, 3.05) is 0 Å². The van der Waals surface area contributed by atoms with Gasteiger partial charge in [0.1, 0.15) is 17.2 Å². The molecule has 0 aliphatic rings. The zero-order chi connectivity index (χ0) is 47.7. The molecule has 7 heteroatoms. The minimum absolute atomic E-state index is 0.156. The van der Waals surface area contributed by atoms with Crippen LogP contribution < -0.4 is 0 Å². The third kappa shape index (κ3) is 4.90. The lowest BCUT2D eigenvalue weighted by molar-refractivity contribution is 0.673. The van der Waals surface area contributed by atoms with Crippen molar-refractivity contribution < 1.29 is 18.1 Å². The van der Waals surface area contributed by atoms with E-state index in [1.165, 1.54) is 0 Å². The molecule has 0 atom stereocenters. The van der Waals surface area contributed by atoms with E-state index in [1.54, 1.807) is 18.2 Å². The van der Waals surface area contributed by atoms with Crippen molar-refractivity contribution in [2.24, 2.45) is 0 Å². The van der Waals surface area contributed by atoms with Gasteiger partial charge in [0.25, 0.3) is 0 Å². The molecule has 0 spiro atoms. The van der Waals surface area contributed by atoms with Gasteiger partial charge in [0.05, 0.1) is 57.8 Å². The van der Waals surface area contributed by atoms with Crippen LogP contribution in [0.2, 0.25) is 0 Å². The van der Waals surface area contributed by atoms with Crippen LogP contribution in [0.25, 0.3) is 111 Å². The average Bonchev–Trinajstić information content (AvgIpc) is 4.04. The van der Waals surface area contributed by atoms with Crippen molar-refractivity contribution in [3.8, 4) is 51.6 Å². The van der Waals surface area contributed by atoms with Crippen molar-refractivity contribution in [1.29, 1.82) is 5.26 Å². The lowest BCUT2D eigenvalue weighted by atomic mass is 10.0. The second-order valence-electron chi connectivity index (χ2n) is 13.9. The molecule has 59 heavy (non-hydrogen) atoms. The third-order valence-corrected chi connectivity index (χ3v) is 10.8. The number of rotatable bonds is 5. The maximum absolute atomic E-state index is 11.2. The summed E-state index contributed by atoms with van der Waals surface area (Å²) in [5.74, 6) is -0.970. The summed E-state index contributed by atoms with van der Waals surface area (Å²) in [6.07, 6.45) is 0. The molecule has 0 saturated heterocycles. The molecular formula is C52H30N6O. The Kier molecular flexibility index (Phi) is 5.30. The van der Waals surface area contributed by atoms with E-state index in [9.17, 15) is 5.26 Å². The first-order valence-corrected chi connectivity index (χ1v) is 18.7. The maximum atomic E-state index is 11.2. The van der Waals surface area contributed by atoms with E-state index < -0.39 is 83.2 Å². The fraction of sp³-hybridized carbons (Fsp3) is 0. The van der Waals surface area contributed by atoms with Crippen molar-refractivity contribution in [3.63, 3.8) is 0 Å². The van der Waals surface area contributed by atoms with Gasteiger partial charge in [0.15, 0.2) is 17.5 Å². The Morgan fingerprint density at radius 2 is 1.03 bits per heavy atom. The van der Waals surface area contributed by atoms with Crippen molar-refractivity contribution in [2.45, 2.75) is 0 Å². The number of benzene rings is 8. The number of hydrogen-bond acceptors (Lipinski definition) is 5. The van der Waals surface area contributed by atoms with E-state index in [0.717, 1.165) is 60.1 Å². The molecule has 0 bridgehead atoms. The van der Waals surface area contributed by atoms with Crippen LogP contribution in [-0.2, 0) is 0 Å². The first kappa shape index (κ1) is 24.3. The molecule has 4 heterocycles. The van der Waals surface area contributed by atoms with Crippen LogP contribution in [0.15, 0.2) is 186 Å². The summed E-state index contributed by atoms with van der Waals surface area (Å²) in [6.45, 7) is 0. The standard InChI is InChI=1S/C52H30N6O/c53-31-35-30-34(52-55-50(32-16-4-1-5-17-32)54-51(56-52)33-18-6-2-7-19-33)28-29-40(35)58-42-26-14-11-23-38(42)45-48(58)44-37-22-10-13-25-41(37)57(36-20-8-3-9-21-36)47(44)46-39-24-12-15-27-43(39)59-49(45)46/h1-30H/i1D,2D,4D,5D,6D,7D,16D,17D,18D,19D. The van der Waals surface area contributed by atoms with Gasteiger partial charge in [-0.3, -0.25) is 0 Å². The highest BCUT2D eigenvalue weighted by molar-refractivity contribution is 6.39. The summed E-state index contributed by atoms with van der Waals surface area (Å²) in [5, 5.41) is 16.7. The molecule has 0 fully saturated rings. The van der Waals surface area contributed by atoms with E-state index in [1.807, 2.05) is 72.8 Å². The molecule has 8 aromatic carbocycles. The van der Waals surface area contributed by atoms with Crippen LogP contribution in [0.4, 0.5) is 0 Å². The molecule has 0 saturated carbocycles. The zero-order valence-electron chi connectivity index (χ0n) is 40.6. The molecule has 12 aromatic rings. The van der Waals surface area contributed by atoms with Crippen LogP contribution in [0.1, 0.15) is 19.3 Å². The minimum Gasteiger partial charge on any atom is -0.455 e. The molecule has 274 valence electrons. The predicted octanol–water partition coefficient (Wildman–Crippen LogP) is 12.8. The highest BCUT2D eigenvalue weighted by atomic mass is 16.3. The number of fused-ring (bicyclic) bond motifs is 12. The topological polar surface area (TPSA) is 85.5 Å². The minimum atomic E-state index is -0.652. The Morgan fingerprint density at radius 3 is 1.69 bits per heavy atom. The zero-order valence-corrected chi connectivity index (χ0v) is 30.6. The molecule has 4 aromatic heterocycles. The maximum Gasteiger partial charge on any atom is 0.164 e. The molecular weight excluding hydrogens is 725 g/mol. The molecule has 0 radical (unpaired) electrons. The predicted molar refractivity (Wildman–Crippen MR) is 237 cm³/mol. The first-order chi connectivity index (χ1) is 33.4. The fourth-order valence-corrected chi connectivity index (χ4v) is 8.39. The lowest BCUT2D eigenvalue weighted by Gasteiger charge is -2.14. The molecule has 12 rings (SSSR count). The molecule has 0 amide bonds. The smallest absolute Gasteiger partial charge is 0.164 e. The summed E-state index contributed by atoms with van der Waals surface area (Å²) >= 11 is 0. The Balaban J connectivity index is 1.18. The van der Waals surface area contributed by atoms with Crippen LogP contribution >= 0.6 is 0 Å². The molecule has 0 aliphatic heterocycles. The van der Waals surface area contributed by atoms with Crippen molar-refractivity contribution >= 4 is 65.6 Å². The number of aromatic nitrogens is 5. The SMILES string of the molecule is [2H]c1c([2H])c([2H])c(-c2nc(-c3ccc(-n4c5ccccc5c5c6oc7ccccc7c6c6c(c7ccccc7n6-c6ccccc6)c54)c(C#N)c3)nc(-c3c([2H])c([2H])c([2H])c([2H])c3[2H])n2)c([2H])c1[2H]. The van der Waals surface area contributed by atoms with Gasteiger partial charge in [-0.2, -0.15) is 5.26 Å². The largest absolute Gasteiger partial charge is 0.455 e. The van der Waals surface area contributed by atoms with E-state index in [4.69, 9.17) is 18.1 Å². The Hall–Kier alpha value is -8.34. The first-order valence-electron chi connectivity index (χ1n) is 23.7. The van der Waals surface area contributed by atoms with Gasteiger partial charge in [-0.05, 0) is 48.5 Å². The molecule has 0 aliphatic carbocycles. The Labute approximate surface area is 351 Å². The summed E-state index contributed by atoms with van der Waals surface area (Å²) in [6, 6.07) is 35.2. The van der Waals surface area contributed by atoms with Crippen molar-refractivity contribution in [1.82, 2.24) is 24.1 Å². The third-order valence-electron chi connectivity index (χ3n) is 10.8. The average molecular weight is 765 g/mol. The number of para-hydroxylation sites is 4. The monoisotopic (exact) mass is 764 g/mol. The van der Waals surface area contributed by atoms with Crippen LogP contribution in [-0.4, -0.2) is 24.1 Å². The van der Waals surface area contributed by atoms with Crippen LogP contribution in [0.3, 0.4) is 0 Å². The second-order valence-corrected chi connectivity index (χ2v) is 13.9. The number of hydrogen-bond donors (Lipinski definition) is 0. The van der Waals surface area contributed by atoms with Crippen LogP contribution in [0.5, 0.6) is 0 Å². The van der Waals surface area contributed by atoms with Gasteiger partial charge in [-0.25, -0.2) is 15.0 Å². The highest BCUT2D eigenvalue weighted by Gasteiger charge is 2.28. The quantitative estimate of drug-likeness (QED) is 0.174. The van der Waals surface area contributed by atoms with Gasteiger partial charge in [-0.15, -0.1) is 0 Å². The van der Waals surface area contributed by atoms with E-state index in [0.29, 0.717) is 16.9 Å². The second kappa shape index (κ2) is 12.8. The van der Waals surface area contributed by atoms with Gasteiger partial charge in [-0.1, -0.05) is 133 Å². The summed E-state index contributed by atoms with van der Waals surface area (Å²) in [5.41, 5.74) is 5.91. The Morgan fingerprint density at radius 1 is 0.508 bits per heavy atom. The highest BCUT2D eigenvalue weighted by Crippen LogP contribution is 2.49. The van der Waals surface area contributed by atoms with Gasteiger partial charge >= 0.3 is 0 Å². The van der Waals surface area contributed by atoms with Crippen LogP contribution in [0, 0.1) is 11.3 Å². The molecule has 7 nitrogen and oxygen atoms in total. The van der Waals surface area contributed by atoms with E-state index >= 15 is 0 Å². The lowest BCUT2D eigenvalue weighted by Crippen LogP contribution is -2.02. The number of furan rings is 1. The van der Waals surface area contributed by atoms with Gasteiger partial charge in [0.2, 0.25) is 0 Å². The molecule has 0 N–H and O–H groups in total. The summed E-state index contributed by atoms with van der Waals surface area (Å²) in [4.78, 5) is 13.6. The molecule has 0 unspecified atom stereocenters. The van der Waals surface area contributed by atoms with Gasteiger partial charge in [0, 0.05) is 43.9 Å². The normalized spacial score (nSPS) is 14.1. The number of nitriles is 1. The summed E-state index contributed by atoms with van der Waals surface area (Å²) in [7, 11) is 0. The summed E-state index contributed by atoms with van der Waals surface area (Å²) < 4.78 is 96.2.